The largest absolute Gasteiger partial charge is 0.416 e. The summed E-state index contributed by atoms with van der Waals surface area (Å²) in [5.41, 5.74) is -1.24. The fourth-order valence-electron chi connectivity index (χ4n) is 1.97. The van der Waals surface area contributed by atoms with Crippen LogP contribution in [0, 0.1) is 11.3 Å². The van der Waals surface area contributed by atoms with Gasteiger partial charge >= 0.3 is 6.18 Å². The van der Waals surface area contributed by atoms with Gasteiger partial charge in [-0.05, 0) is 17.7 Å². The number of rotatable bonds is 2. The highest BCUT2D eigenvalue weighted by Crippen LogP contribution is 2.32. The smallest absolute Gasteiger partial charge is 0.327 e. The molecule has 0 radical (unpaired) electrons. The fourth-order valence-corrected chi connectivity index (χ4v) is 2.88. The van der Waals surface area contributed by atoms with Crippen molar-refractivity contribution in [3.8, 4) is 17.2 Å². The molecule has 0 amide bonds. The predicted molar refractivity (Wildman–Crippen MR) is 74.5 cm³/mol. The highest BCUT2D eigenvalue weighted by molar-refractivity contribution is 7.84. The van der Waals surface area contributed by atoms with Crippen molar-refractivity contribution in [1.29, 1.82) is 5.26 Å². The van der Waals surface area contributed by atoms with Crippen molar-refractivity contribution >= 4 is 10.8 Å². The molecule has 1 unspecified atom stereocenters. The van der Waals surface area contributed by atoms with E-state index in [1.165, 1.54) is 24.6 Å². The number of nitriles is 1. The Morgan fingerprint density at radius 2 is 1.82 bits per heavy atom. The molecule has 2 rings (SSSR count). The first-order valence-electron chi connectivity index (χ1n) is 5.92. The molecule has 0 aliphatic heterocycles. The highest BCUT2D eigenvalue weighted by atomic mass is 32.2. The Hall–Kier alpha value is -2.40. The SMILES string of the molecule is CS(=O)c1c(-c2ccc(C(F)(F)F)cc2)c[nH]c(=O)c1C#N. The molecule has 0 bridgehead atoms. The van der Waals surface area contributed by atoms with E-state index in [1.54, 1.807) is 6.07 Å². The van der Waals surface area contributed by atoms with Crippen LogP contribution in [0.3, 0.4) is 0 Å². The van der Waals surface area contributed by atoms with Crippen LogP contribution in [0.15, 0.2) is 40.2 Å². The molecule has 1 atom stereocenters. The Morgan fingerprint density at radius 1 is 1.23 bits per heavy atom. The van der Waals surface area contributed by atoms with E-state index in [9.17, 15) is 22.2 Å². The van der Waals surface area contributed by atoms with Gasteiger partial charge in [-0.25, -0.2) is 0 Å². The van der Waals surface area contributed by atoms with Gasteiger partial charge in [0, 0.05) is 18.0 Å². The number of H-pyrrole nitrogens is 1. The summed E-state index contributed by atoms with van der Waals surface area (Å²) in [7, 11) is -1.65. The second-order valence-corrected chi connectivity index (χ2v) is 5.69. The molecule has 1 N–H and O–H groups in total. The van der Waals surface area contributed by atoms with E-state index in [0.717, 1.165) is 12.1 Å². The number of aromatic nitrogens is 1. The maximum absolute atomic E-state index is 12.6. The Bertz CT molecular complexity index is 833. The normalized spacial score (nSPS) is 12.7. The van der Waals surface area contributed by atoms with E-state index in [-0.39, 0.29) is 16.0 Å². The lowest BCUT2D eigenvalue weighted by molar-refractivity contribution is -0.137. The molecule has 1 heterocycles. The van der Waals surface area contributed by atoms with Crippen molar-refractivity contribution in [3.05, 3.63) is 51.9 Å². The average molecular weight is 326 g/mol. The van der Waals surface area contributed by atoms with Crippen LogP contribution in [-0.4, -0.2) is 15.4 Å². The quantitative estimate of drug-likeness (QED) is 0.922. The number of halogens is 3. The van der Waals surface area contributed by atoms with Crippen molar-refractivity contribution in [2.75, 3.05) is 6.26 Å². The van der Waals surface area contributed by atoms with Crippen LogP contribution in [-0.2, 0) is 17.0 Å². The molecular formula is C14H9F3N2O2S. The molecule has 2 aromatic rings. The second-order valence-electron chi connectivity index (χ2n) is 4.38. The third-order valence-electron chi connectivity index (χ3n) is 2.97. The maximum atomic E-state index is 12.6. The summed E-state index contributed by atoms with van der Waals surface area (Å²) in [4.78, 5) is 13.9. The van der Waals surface area contributed by atoms with Crippen LogP contribution in [0.2, 0.25) is 0 Å². The van der Waals surface area contributed by atoms with E-state index in [4.69, 9.17) is 5.26 Å². The Kier molecular flexibility index (Phi) is 4.19. The van der Waals surface area contributed by atoms with Crippen molar-refractivity contribution in [1.82, 2.24) is 4.98 Å². The van der Waals surface area contributed by atoms with Crippen LogP contribution in [0.25, 0.3) is 11.1 Å². The van der Waals surface area contributed by atoms with Gasteiger partial charge in [0.25, 0.3) is 5.56 Å². The minimum atomic E-state index is -4.46. The first kappa shape index (κ1) is 16.0. The molecule has 0 aliphatic rings. The number of nitrogens with zero attached hydrogens (tertiary/aromatic N) is 1. The Morgan fingerprint density at radius 3 is 2.27 bits per heavy atom. The lowest BCUT2D eigenvalue weighted by Crippen LogP contribution is -2.14. The average Bonchev–Trinajstić information content (AvgIpc) is 2.46. The lowest BCUT2D eigenvalue weighted by Gasteiger charge is -2.10. The number of nitrogens with one attached hydrogen (secondary N) is 1. The molecule has 0 fully saturated rings. The lowest BCUT2D eigenvalue weighted by atomic mass is 10.0. The number of pyridine rings is 1. The Labute approximate surface area is 125 Å². The topological polar surface area (TPSA) is 73.7 Å². The van der Waals surface area contributed by atoms with Gasteiger partial charge in [-0.3, -0.25) is 9.00 Å². The zero-order valence-electron chi connectivity index (χ0n) is 11.2. The van der Waals surface area contributed by atoms with Crippen LogP contribution >= 0.6 is 0 Å². The van der Waals surface area contributed by atoms with E-state index in [2.05, 4.69) is 4.98 Å². The molecule has 8 heteroatoms. The number of hydrogen-bond donors (Lipinski definition) is 1. The third kappa shape index (κ3) is 2.94. The number of benzene rings is 1. The van der Waals surface area contributed by atoms with Gasteiger partial charge in [0.15, 0.2) is 0 Å². The van der Waals surface area contributed by atoms with E-state index in [0.29, 0.717) is 5.56 Å². The molecule has 4 nitrogen and oxygen atoms in total. The number of alkyl halides is 3. The molecular weight excluding hydrogens is 317 g/mol. The van der Waals surface area contributed by atoms with Crippen molar-refractivity contribution < 1.29 is 17.4 Å². The monoisotopic (exact) mass is 326 g/mol. The first-order chi connectivity index (χ1) is 10.3. The minimum absolute atomic E-state index is 0.00556. The van der Waals surface area contributed by atoms with Gasteiger partial charge < -0.3 is 4.98 Å². The zero-order chi connectivity index (χ0) is 16.5. The number of hydrogen-bond acceptors (Lipinski definition) is 3. The molecule has 0 saturated heterocycles. The highest BCUT2D eigenvalue weighted by Gasteiger charge is 2.30. The van der Waals surface area contributed by atoms with Crippen LogP contribution in [0.1, 0.15) is 11.1 Å². The Balaban J connectivity index is 2.66. The number of aromatic amines is 1. The molecule has 0 aliphatic carbocycles. The van der Waals surface area contributed by atoms with Crippen LogP contribution < -0.4 is 5.56 Å². The summed E-state index contributed by atoms with van der Waals surface area (Å²) in [5.74, 6) is 0. The predicted octanol–water partition coefficient (Wildman–Crippen LogP) is 2.67. The van der Waals surface area contributed by atoms with Gasteiger partial charge in [0.05, 0.1) is 21.3 Å². The third-order valence-corrected chi connectivity index (χ3v) is 3.97. The summed E-state index contributed by atoms with van der Waals surface area (Å²) >= 11 is 0. The molecule has 1 aromatic carbocycles. The zero-order valence-corrected chi connectivity index (χ0v) is 12.0. The molecule has 0 saturated carbocycles. The van der Waals surface area contributed by atoms with E-state index in [1.807, 2.05) is 0 Å². The molecule has 22 heavy (non-hydrogen) atoms. The summed E-state index contributed by atoms with van der Waals surface area (Å²) in [5, 5.41) is 9.02. The standard InChI is InChI=1S/C14H9F3N2O2S/c1-22(21)12-10(6-18)13(20)19-7-11(12)8-2-4-9(5-3-8)14(15,16)17/h2-5,7H,1H3,(H,19,20). The minimum Gasteiger partial charge on any atom is -0.327 e. The summed E-state index contributed by atoms with van der Waals surface area (Å²) in [6, 6.07) is 5.85. The van der Waals surface area contributed by atoms with Crippen molar-refractivity contribution in [2.45, 2.75) is 11.1 Å². The van der Waals surface area contributed by atoms with Crippen molar-refractivity contribution in [3.63, 3.8) is 0 Å². The van der Waals surface area contributed by atoms with Gasteiger partial charge in [-0.1, -0.05) is 12.1 Å². The van der Waals surface area contributed by atoms with Crippen LogP contribution in [0.5, 0.6) is 0 Å². The maximum Gasteiger partial charge on any atom is 0.416 e. The van der Waals surface area contributed by atoms with Gasteiger partial charge in [-0.2, -0.15) is 18.4 Å². The van der Waals surface area contributed by atoms with Gasteiger partial charge in [-0.15, -0.1) is 0 Å². The van der Waals surface area contributed by atoms with Gasteiger partial charge in [0.2, 0.25) is 0 Å². The summed E-state index contributed by atoms with van der Waals surface area (Å²) in [6.07, 6.45) is -1.93. The van der Waals surface area contributed by atoms with Crippen molar-refractivity contribution in [2.24, 2.45) is 0 Å². The molecule has 114 valence electrons. The fraction of sp³-hybridized carbons (Fsp3) is 0.143. The molecule has 1 aromatic heterocycles. The first-order valence-corrected chi connectivity index (χ1v) is 7.48. The second kappa shape index (κ2) is 5.77. The summed E-state index contributed by atoms with van der Waals surface area (Å²) in [6.45, 7) is 0. The molecule has 0 spiro atoms. The summed E-state index contributed by atoms with van der Waals surface area (Å²) < 4.78 is 49.5. The van der Waals surface area contributed by atoms with E-state index >= 15 is 0 Å². The van der Waals surface area contributed by atoms with Gasteiger partial charge in [0.1, 0.15) is 11.6 Å². The van der Waals surface area contributed by atoms with E-state index < -0.39 is 28.1 Å². The van der Waals surface area contributed by atoms with Crippen LogP contribution in [0.4, 0.5) is 13.2 Å².